The third-order valence-corrected chi connectivity index (χ3v) is 1.97. The number of hydrogen-bond donors (Lipinski definition) is 1. The molecule has 0 aromatic rings. The van der Waals surface area contributed by atoms with Crippen molar-refractivity contribution in [1.29, 1.82) is 0 Å². The van der Waals surface area contributed by atoms with Crippen LogP contribution >= 0.6 is 0 Å². The quantitative estimate of drug-likeness (QED) is 0.547. The van der Waals surface area contributed by atoms with Gasteiger partial charge in [-0.2, -0.15) is 0 Å². The topological polar surface area (TPSA) is 55.6 Å². The highest BCUT2D eigenvalue weighted by molar-refractivity contribution is 5.67. The maximum atomic E-state index is 10.9. The molecule has 4 nitrogen and oxygen atoms in total. The summed E-state index contributed by atoms with van der Waals surface area (Å²) in [7, 11) is 1.40. The Morgan fingerprint density at radius 2 is 2.09 bits per heavy atom. The van der Waals surface area contributed by atoms with Crippen LogP contribution in [-0.2, 0) is 4.74 Å². The monoisotopic (exact) mass is 158 g/mol. The molecular formula is C7H14N2O2. The van der Waals surface area contributed by atoms with E-state index in [1.54, 1.807) is 4.90 Å². The van der Waals surface area contributed by atoms with Gasteiger partial charge in [-0.15, -0.1) is 0 Å². The molecule has 11 heavy (non-hydrogen) atoms. The number of rotatable bonds is 0. The molecule has 0 bridgehead atoms. The Balaban J connectivity index is 2.33. The van der Waals surface area contributed by atoms with Gasteiger partial charge in [0.25, 0.3) is 0 Å². The largest absolute Gasteiger partial charge is 0.453 e. The molecule has 0 unspecified atom stereocenters. The standard InChI is InChI=1S/C7H14N2O2/c1-11-7(10)9-4-2-6(8)3-5-9/h6H,2-5,8H2,1H3. The number of hydrogen-bond acceptors (Lipinski definition) is 3. The van der Waals surface area contributed by atoms with E-state index in [1.807, 2.05) is 0 Å². The predicted octanol–water partition coefficient (Wildman–Crippen LogP) is 0.176. The van der Waals surface area contributed by atoms with E-state index in [9.17, 15) is 4.79 Å². The molecule has 1 heterocycles. The van der Waals surface area contributed by atoms with Crippen molar-refractivity contribution in [2.45, 2.75) is 18.9 Å². The molecule has 1 saturated heterocycles. The van der Waals surface area contributed by atoms with Crippen molar-refractivity contribution in [1.82, 2.24) is 4.90 Å². The van der Waals surface area contributed by atoms with Crippen molar-refractivity contribution in [3.05, 3.63) is 0 Å². The van der Waals surface area contributed by atoms with Crippen molar-refractivity contribution in [3.63, 3.8) is 0 Å². The van der Waals surface area contributed by atoms with Crippen LogP contribution in [0.1, 0.15) is 12.8 Å². The van der Waals surface area contributed by atoms with Crippen molar-refractivity contribution in [2.75, 3.05) is 20.2 Å². The van der Waals surface area contributed by atoms with Gasteiger partial charge in [-0.3, -0.25) is 0 Å². The van der Waals surface area contributed by atoms with Gasteiger partial charge in [0.2, 0.25) is 0 Å². The average molecular weight is 158 g/mol. The summed E-state index contributed by atoms with van der Waals surface area (Å²) < 4.78 is 4.57. The number of likely N-dealkylation sites (tertiary alicyclic amines) is 1. The number of nitrogens with zero attached hydrogens (tertiary/aromatic N) is 1. The molecule has 0 saturated carbocycles. The molecule has 2 N–H and O–H groups in total. The first-order valence-electron chi connectivity index (χ1n) is 3.82. The van der Waals surface area contributed by atoms with E-state index in [0.717, 1.165) is 25.9 Å². The van der Waals surface area contributed by atoms with Gasteiger partial charge in [-0.1, -0.05) is 0 Å². The highest BCUT2D eigenvalue weighted by Crippen LogP contribution is 2.08. The molecule has 0 radical (unpaired) electrons. The Bertz CT molecular complexity index is 141. The van der Waals surface area contributed by atoms with E-state index in [2.05, 4.69) is 4.74 Å². The highest BCUT2D eigenvalue weighted by Gasteiger charge is 2.20. The molecule has 1 amide bonds. The Morgan fingerprint density at radius 1 is 1.55 bits per heavy atom. The molecule has 0 aliphatic carbocycles. The first-order valence-corrected chi connectivity index (χ1v) is 3.82. The number of amides is 1. The molecule has 0 atom stereocenters. The maximum Gasteiger partial charge on any atom is 0.409 e. The molecule has 64 valence electrons. The van der Waals surface area contributed by atoms with Gasteiger partial charge >= 0.3 is 6.09 Å². The number of methoxy groups -OCH3 is 1. The second kappa shape index (κ2) is 3.57. The van der Waals surface area contributed by atoms with Crippen LogP contribution in [0.5, 0.6) is 0 Å². The van der Waals surface area contributed by atoms with Gasteiger partial charge in [-0.05, 0) is 12.8 Å². The summed E-state index contributed by atoms with van der Waals surface area (Å²) in [6, 6.07) is 0.260. The van der Waals surface area contributed by atoms with Gasteiger partial charge in [-0.25, -0.2) is 4.79 Å². The van der Waals surface area contributed by atoms with Crippen molar-refractivity contribution < 1.29 is 9.53 Å². The van der Waals surface area contributed by atoms with E-state index >= 15 is 0 Å². The SMILES string of the molecule is COC(=O)N1CCC(N)CC1. The van der Waals surface area contributed by atoms with Crippen molar-refractivity contribution >= 4 is 6.09 Å². The molecule has 0 aromatic heterocycles. The summed E-state index contributed by atoms with van der Waals surface area (Å²) in [6.45, 7) is 1.46. The number of nitrogens with two attached hydrogens (primary N) is 1. The van der Waals surface area contributed by atoms with E-state index in [-0.39, 0.29) is 12.1 Å². The summed E-state index contributed by atoms with van der Waals surface area (Å²) in [5.41, 5.74) is 5.66. The number of piperidine rings is 1. The zero-order valence-corrected chi connectivity index (χ0v) is 6.75. The average Bonchev–Trinajstić information content (AvgIpc) is 2.05. The van der Waals surface area contributed by atoms with Gasteiger partial charge in [0.1, 0.15) is 0 Å². The fourth-order valence-electron chi connectivity index (χ4n) is 1.21. The van der Waals surface area contributed by atoms with Crippen LogP contribution in [-0.4, -0.2) is 37.2 Å². The lowest BCUT2D eigenvalue weighted by atomic mass is 10.1. The number of ether oxygens (including phenoxy) is 1. The maximum absolute atomic E-state index is 10.9. The first-order chi connectivity index (χ1) is 5.24. The van der Waals surface area contributed by atoms with Crippen LogP contribution in [0.3, 0.4) is 0 Å². The Hall–Kier alpha value is -0.770. The fourth-order valence-corrected chi connectivity index (χ4v) is 1.21. The van der Waals surface area contributed by atoms with E-state index in [1.165, 1.54) is 7.11 Å². The number of carbonyl (C=O) groups is 1. The van der Waals surface area contributed by atoms with E-state index in [0.29, 0.717) is 0 Å². The minimum absolute atomic E-state index is 0.239. The molecule has 1 aliphatic heterocycles. The summed E-state index contributed by atoms with van der Waals surface area (Å²) in [5, 5.41) is 0. The Labute approximate surface area is 66.3 Å². The molecular weight excluding hydrogens is 144 g/mol. The summed E-state index contributed by atoms with van der Waals surface area (Å²) in [4.78, 5) is 12.6. The van der Waals surface area contributed by atoms with Crippen molar-refractivity contribution in [3.8, 4) is 0 Å². The lowest BCUT2D eigenvalue weighted by Crippen LogP contribution is -2.42. The van der Waals surface area contributed by atoms with Crippen LogP contribution in [0, 0.1) is 0 Å². The normalized spacial score (nSPS) is 20.0. The van der Waals surface area contributed by atoms with E-state index in [4.69, 9.17) is 5.73 Å². The molecule has 0 spiro atoms. The van der Waals surface area contributed by atoms with E-state index < -0.39 is 0 Å². The Morgan fingerprint density at radius 3 is 2.55 bits per heavy atom. The second-order valence-corrected chi connectivity index (χ2v) is 2.79. The smallest absolute Gasteiger partial charge is 0.409 e. The third-order valence-electron chi connectivity index (χ3n) is 1.97. The minimum atomic E-state index is -0.239. The summed E-state index contributed by atoms with van der Waals surface area (Å²) in [5.74, 6) is 0. The van der Waals surface area contributed by atoms with Gasteiger partial charge in [0.15, 0.2) is 0 Å². The van der Waals surface area contributed by atoms with Crippen LogP contribution in [0.25, 0.3) is 0 Å². The Kier molecular flexibility index (Phi) is 2.70. The number of carbonyl (C=O) groups excluding carboxylic acids is 1. The van der Waals surface area contributed by atoms with Crippen molar-refractivity contribution in [2.24, 2.45) is 5.73 Å². The lowest BCUT2D eigenvalue weighted by molar-refractivity contribution is 0.112. The van der Waals surface area contributed by atoms with Gasteiger partial charge < -0.3 is 15.4 Å². The minimum Gasteiger partial charge on any atom is -0.453 e. The lowest BCUT2D eigenvalue weighted by Gasteiger charge is -2.28. The van der Waals surface area contributed by atoms with Crippen LogP contribution in [0.15, 0.2) is 0 Å². The highest BCUT2D eigenvalue weighted by atomic mass is 16.5. The zero-order valence-electron chi connectivity index (χ0n) is 6.75. The first kappa shape index (κ1) is 8.33. The summed E-state index contributed by atoms with van der Waals surface area (Å²) in [6.07, 6.45) is 1.53. The molecule has 1 rings (SSSR count). The molecule has 1 fully saturated rings. The van der Waals surface area contributed by atoms with Crippen LogP contribution in [0.4, 0.5) is 4.79 Å². The van der Waals surface area contributed by atoms with Crippen LogP contribution < -0.4 is 5.73 Å². The van der Waals surface area contributed by atoms with Gasteiger partial charge in [0.05, 0.1) is 7.11 Å². The molecule has 0 aromatic carbocycles. The molecule has 1 aliphatic rings. The summed E-state index contributed by atoms with van der Waals surface area (Å²) >= 11 is 0. The second-order valence-electron chi connectivity index (χ2n) is 2.79. The third kappa shape index (κ3) is 2.08. The predicted molar refractivity (Wildman–Crippen MR) is 41.2 cm³/mol. The fraction of sp³-hybridized carbons (Fsp3) is 0.857. The van der Waals surface area contributed by atoms with Crippen LogP contribution in [0.2, 0.25) is 0 Å². The zero-order chi connectivity index (χ0) is 8.27. The molecule has 4 heteroatoms. The van der Waals surface area contributed by atoms with Gasteiger partial charge in [0, 0.05) is 19.1 Å².